The molecule has 2 aromatic carbocycles. The van der Waals surface area contributed by atoms with Gasteiger partial charge in [-0.2, -0.15) is 0 Å². The van der Waals surface area contributed by atoms with E-state index in [4.69, 9.17) is 0 Å². The zero-order valence-corrected chi connectivity index (χ0v) is 12.5. The van der Waals surface area contributed by atoms with Gasteiger partial charge in [0.2, 0.25) is 0 Å². The number of carbonyl (C=O) groups excluding carboxylic acids is 1. The number of hydrogen-bond donors (Lipinski definition) is 0. The molecule has 0 saturated heterocycles. The lowest BCUT2D eigenvalue weighted by atomic mass is 10.1. The van der Waals surface area contributed by atoms with Crippen molar-refractivity contribution in [2.45, 2.75) is 6.92 Å². The smallest absolute Gasteiger partial charge is 0.258 e. The summed E-state index contributed by atoms with van der Waals surface area (Å²) in [6.07, 6.45) is 0. The lowest BCUT2D eigenvalue weighted by Crippen LogP contribution is -2.26. The van der Waals surface area contributed by atoms with Crippen molar-refractivity contribution in [2.24, 2.45) is 0 Å². The summed E-state index contributed by atoms with van der Waals surface area (Å²) >= 11 is 3.38. The van der Waals surface area contributed by atoms with Crippen molar-refractivity contribution in [1.82, 2.24) is 0 Å². The molecule has 0 saturated carbocycles. The Morgan fingerprint density at radius 2 is 1.70 bits per heavy atom. The first-order valence-corrected chi connectivity index (χ1v) is 6.68. The van der Waals surface area contributed by atoms with Gasteiger partial charge in [0.05, 0.1) is 0 Å². The van der Waals surface area contributed by atoms with Gasteiger partial charge in [-0.25, -0.2) is 8.78 Å². The summed E-state index contributed by atoms with van der Waals surface area (Å²) < 4.78 is 27.2. The highest BCUT2D eigenvalue weighted by atomic mass is 79.9. The lowest BCUT2D eigenvalue weighted by molar-refractivity contribution is 0.0992. The second-order valence-electron chi connectivity index (χ2n) is 4.46. The van der Waals surface area contributed by atoms with Gasteiger partial charge in [0.1, 0.15) is 11.6 Å². The SMILES string of the molecule is Cc1cc(N(C)C(=O)c2cc(F)cc(F)c2)ccc1Br. The molecular weight excluding hydrogens is 328 g/mol. The molecule has 0 fully saturated rings. The molecule has 0 radical (unpaired) electrons. The maximum Gasteiger partial charge on any atom is 0.258 e. The van der Waals surface area contributed by atoms with Crippen LogP contribution in [-0.4, -0.2) is 13.0 Å². The molecule has 0 atom stereocenters. The van der Waals surface area contributed by atoms with E-state index in [1.165, 1.54) is 4.90 Å². The highest BCUT2D eigenvalue weighted by Crippen LogP contribution is 2.23. The van der Waals surface area contributed by atoms with E-state index in [2.05, 4.69) is 15.9 Å². The highest BCUT2D eigenvalue weighted by Gasteiger charge is 2.16. The van der Waals surface area contributed by atoms with Crippen LogP contribution < -0.4 is 4.90 Å². The van der Waals surface area contributed by atoms with Crippen LogP contribution in [0.1, 0.15) is 15.9 Å². The minimum absolute atomic E-state index is 0.0226. The second kappa shape index (κ2) is 5.71. The van der Waals surface area contributed by atoms with Crippen LogP contribution in [0.4, 0.5) is 14.5 Å². The molecule has 0 bridgehead atoms. The zero-order valence-electron chi connectivity index (χ0n) is 11.0. The van der Waals surface area contributed by atoms with Crippen molar-refractivity contribution >= 4 is 27.5 Å². The number of hydrogen-bond acceptors (Lipinski definition) is 1. The average Bonchev–Trinajstić information content (AvgIpc) is 2.39. The quantitative estimate of drug-likeness (QED) is 0.798. The molecule has 0 N–H and O–H groups in total. The first kappa shape index (κ1) is 14.7. The summed E-state index contributed by atoms with van der Waals surface area (Å²) in [6.45, 7) is 1.90. The Morgan fingerprint density at radius 3 is 2.25 bits per heavy atom. The third-order valence-electron chi connectivity index (χ3n) is 2.94. The van der Waals surface area contributed by atoms with Crippen molar-refractivity contribution < 1.29 is 13.6 Å². The van der Waals surface area contributed by atoms with Crippen LogP contribution in [0.2, 0.25) is 0 Å². The van der Waals surface area contributed by atoms with Crippen LogP contribution in [0.25, 0.3) is 0 Å². The number of halogens is 3. The number of amides is 1. The molecule has 0 spiro atoms. The van der Waals surface area contributed by atoms with E-state index in [9.17, 15) is 13.6 Å². The fourth-order valence-corrected chi connectivity index (χ4v) is 2.07. The topological polar surface area (TPSA) is 20.3 Å². The van der Waals surface area contributed by atoms with Gasteiger partial charge < -0.3 is 4.90 Å². The van der Waals surface area contributed by atoms with E-state index >= 15 is 0 Å². The normalized spacial score (nSPS) is 10.4. The van der Waals surface area contributed by atoms with Crippen molar-refractivity contribution in [3.8, 4) is 0 Å². The largest absolute Gasteiger partial charge is 0.311 e. The van der Waals surface area contributed by atoms with E-state index in [0.29, 0.717) is 5.69 Å². The molecule has 20 heavy (non-hydrogen) atoms. The molecule has 0 aromatic heterocycles. The van der Waals surface area contributed by atoms with Gasteiger partial charge >= 0.3 is 0 Å². The molecule has 0 aliphatic heterocycles. The molecule has 5 heteroatoms. The maximum atomic E-state index is 13.2. The van der Waals surface area contributed by atoms with Gasteiger partial charge in [0.25, 0.3) is 5.91 Å². The molecule has 0 aliphatic rings. The Kier molecular flexibility index (Phi) is 4.18. The maximum absolute atomic E-state index is 13.2. The first-order chi connectivity index (χ1) is 9.38. The van der Waals surface area contributed by atoms with E-state index in [-0.39, 0.29) is 5.56 Å². The number of nitrogens with zero attached hydrogens (tertiary/aromatic N) is 1. The first-order valence-electron chi connectivity index (χ1n) is 5.89. The zero-order chi connectivity index (χ0) is 14.9. The van der Waals surface area contributed by atoms with Gasteiger partial charge in [0, 0.05) is 28.8 Å². The van der Waals surface area contributed by atoms with Gasteiger partial charge in [-0.15, -0.1) is 0 Å². The van der Waals surface area contributed by atoms with Crippen LogP contribution >= 0.6 is 15.9 Å². The number of anilines is 1. The molecule has 2 aromatic rings. The fraction of sp³-hybridized carbons (Fsp3) is 0.133. The standard InChI is InChI=1S/C15H12BrF2NO/c1-9-5-13(3-4-14(9)16)19(2)15(20)10-6-11(17)8-12(18)7-10/h3-8H,1-2H3. The van der Waals surface area contributed by atoms with Gasteiger partial charge in [-0.3, -0.25) is 4.79 Å². The molecule has 0 unspecified atom stereocenters. The molecule has 0 aliphatic carbocycles. The number of aryl methyl sites for hydroxylation is 1. The third-order valence-corrected chi connectivity index (χ3v) is 3.83. The Bertz CT molecular complexity index is 653. The van der Waals surface area contributed by atoms with Crippen molar-refractivity contribution in [3.63, 3.8) is 0 Å². The molecular formula is C15H12BrF2NO. The number of benzene rings is 2. The Hall–Kier alpha value is -1.75. The molecule has 0 heterocycles. The van der Waals surface area contributed by atoms with Crippen LogP contribution in [0, 0.1) is 18.6 Å². The summed E-state index contributed by atoms with van der Waals surface area (Å²) in [5.41, 5.74) is 1.60. The number of rotatable bonds is 2. The van der Waals surface area contributed by atoms with Crippen LogP contribution in [0.5, 0.6) is 0 Å². The van der Waals surface area contributed by atoms with Crippen molar-refractivity contribution in [3.05, 3.63) is 63.6 Å². The summed E-state index contributed by atoms with van der Waals surface area (Å²) in [6, 6.07) is 8.17. The average molecular weight is 340 g/mol. The second-order valence-corrected chi connectivity index (χ2v) is 5.31. The molecule has 1 amide bonds. The van der Waals surface area contributed by atoms with Crippen molar-refractivity contribution in [1.29, 1.82) is 0 Å². The minimum Gasteiger partial charge on any atom is -0.311 e. The van der Waals surface area contributed by atoms with Gasteiger partial charge in [-0.05, 0) is 42.8 Å². The summed E-state index contributed by atoms with van der Waals surface area (Å²) in [5.74, 6) is -2.01. The van der Waals surface area contributed by atoms with Gasteiger partial charge in [-0.1, -0.05) is 15.9 Å². The molecule has 104 valence electrons. The van der Waals surface area contributed by atoms with E-state index < -0.39 is 17.5 Å². The molecule has 2 nitrogen and oxygen atoms in total. The summed E-state index contributed by atoms with van der Waals surface area (Å²) in [4.78, 5) is 13.6. The van der Waals surface area contributed by atoms with Crippen LogP contribution in [0.3, 0.4) is 0 Å². The number of carbonyl (C=O) groups is 1. The van der Waals surface area contributed by atoms with Crippen LogP contribution in [-0.2, 0) is 0 Å². The lowest BCUT2D eigenvalue weighted by Gasteiger charge is -2.18. The van der Waals surface area contributed by atoms with E-state index in [0.717, 1.165) is 28.2 Å². The predicted octanol–water partition coefficient (Wildman–Crippen LogP) is 4.31. The molecule has 2 rings (SSSR count). The highest BCUT2D eigenvalue weighted by molar-refractivity contribution is 9.10. The Balaban J connectivity index is 2.34. The van der Waals surface area contributed by atoms with E-state index in [1.54, 1.807) is 13.1 Å². The van der Waals surface area contributed by atoms with Gasteiger partial charge in [0.15, 0.2) is 0 Å². The van der Waals surface area contributed by atoms with Crippen molar-refractivity contribution in [2.75, 3.05) is 11.9 Å². The minimum atomic E-state index is -0.770. The predicted molar refractivity (Wildman–Crippen MR) is 78.0 cm³/mol. The Labute approximate surface area is 124 Å². The summed E-state index contributed by atoms with van der Waals surface area (Å²) in [7, 11) is 1.56. The third kappa shape index (κ3) is 3.04. The monoisotopic (exact) mass is 339 g/mol. The summed E-state index contributed by atoms with van der Waals surface area (Å²) in [5, 5.41) is 0. The van der Waals surface area contributed by atoms with E-state index in [1.807, 2.05) is 19.1 Å². The van der Waals surface area contributed by atoms with Crippen LogP contribution in [0.15, 0.2) is 40.9 Å². The fourth-order valence-electron chi connectivity index (χ4n) is 1.83. The Morgan fingerprint density at radius 1 is 1.10 bits per heavy atom.